The van der Waals surface area contributed by atoms with Crippen LogP contribution in [0.3, 0.4) is 0 Å². The van der Waals surface area contributed by atoms with E-state index in [4.69, 9.17) is 0 Å². The summed E-state index contributed by atoms with van der Waals surface area (Å²) in [5, 5.41) is 3.79. The number of rotatable bonds is 2. The van der Waals surface area contributed by atoms with Crippen molar-refractivity contribution in [2.45, 2.75) is 25.2 Å². The van der Waals surface area contributed by atoms with Crippen molar-refractivity contribution in [1.29, 1.82) is 0 Å². The summed E-state index contributed by atoms with van der Waals surface area (Å²) < 4.78 is 28.6. The Balaban J connectivity index is 1.62. The third-order valence-corrected chi connectivity index (χ3v) is 5.49. The molecule has 0 fully saturated rings. The molecular formula is C17H13F2N5OS. The number of nitrogens with zero attached hydrogens (tertiary/aromatic N) is 2. The molecule has 0 aliphatic heterocycles. The Morgan fingerprint density at radius 1 is 1.23 bits per heavy atom. The van der Waals surface area contributed by atoms with E-state index in [9.17, 15) is 13.6 Å². The lowest BCUT2D eigenvalue weighted by Crippen LogP contribution is -2.25. The lowest BCUT2D eigenvalue weighted by molar-refractivity contribution is -0.0121. The molecule has 3 N–H and O–H groups in total. The highest BCUT2D eigenvalue weighted by atomic mass is 32.1. The van der Waals surface area contributed by atoms with Crippen LogP contribution in [0.4, 0.5) is 20.3 Å². The molecule has 0 atom stereocenters. The average Bonchev–Trinajstić information content (AvgIpc) is 3.13. The van der Waals surface area contributed by atoms with E-state index in [1.165, 1.54) is 6.33 Å². The summed E-state index contributed by atoms with van der Waals surface area (Å²) in [6.45, 7) is 0. The normalized spacial score (nSPS) is 16.1. The van der Waals surface area contributed by atoms with Crippen LogP contribution in [0.15, 0.2) is 29.3 Å². The predicted octanol–water partition coefficient (Wildman–Crippen LogP) is 3.73. The van der Waals surface area contributed by atoms with Gasteiger partial charge >= 0.3 is 4.87 Å². The lowest BCUT2D eigenvalue weighted by Gasteiger charge is -2.22. The molecule has 132 valence electrons. The lowest BCUT2D eigenvalue weighted by atomic mass is 9.93. The number of hydrogen-bond donors (Lipinski definition) is 3. The van der Waals surface area contributed by atoms with Crippen molar-refractivity contribution in [3.05, 3.63) is 45.5 Å². The first kappa shape index (κ1) is 15.4. The predicted molar refractivity (Wildman–Crippen MR) is 96.6 cm³/mol. The largest absolute Gasteiger partial charge is 0.343 e. The number of alkyl halides is 2. The fourth-order valence-corrected chi connectivity index (χ4v) is 4.23. The third kappa shape index (κ3) is 2.47. The number of aromatic amines is 2. The molecule has 0 radical (unpaired) electrons. The molecule has 3 heterocycles. The van der Waals surface area contributed by atoms with E-state index in [1.807, 2.05) is 12.1 Å². The van der Waals surface area contributed by atoms with E-state index in [-0.39, 0.29) is 17.7 Å². The molecule has 0 saturated carbocycles. The van der Waals surface area contributed by atoms with Gasteiger partial charge in [-0.05, 0) is 30.2 Å². The van der Waals surface area contributed by atoms with Crippen molar-refractivity contribution in [2.24, 2.45) is 0 Å². The zero-order chi connectivity index (χ0) is 17.9. The molecule has 1 aliphatic carbocycles. The molecule has 4 aromatic rings. The number of thiazole rings is 1. The highest BCUT2D eigenvalue weighted by molar-refractivity contribution is 7.16. The topological polar surface area (TPSA) is 86.5 Å². The second-order valence-electron chi connectivity index (χ2n) is 6.41. The van der Waals surface area contributed by atoms with Gasteiger partial charge in [0, 0.05) is 24.2 Å². The first-order chi connectivity index (χ1) is 12.5. The molecule has 0 amide bonds. The molecule has 1 aliphatic rings. The fraction of sp³-hybridized carbons (Fsp3) is 0.235. The molecule has 1 aromatic carbocycles. The van der Waals surface area contributed by atoms with Crippen molar-refractivity contribution in [3.63, 3.8) is 0 Å². The number of hydrogen-bond acceptors (Lipinski definition) is 5. The van der Waals surface area contributed by atoms with Gasteiger partial charge in [-0.15, -0.1) is 0 Å². The van der Waals surface area contributed by atoms with Gasteiger partial charge in [0.2, 0.25) is 0 Å². The third-order valence-electron chi connectivity index (χ3n) is 4.64. The molecule has 0 saturated heterocycles. The summed E-state index contributed by atoms with van der Waals surface area (Å²) in [6.07, 6.45) is 1.22. The smallest absolute Gasteiger partial charge is 0.305 e. The highest BCUT2D eigenvalue weighted by Gasteiger charge is 2.36. The van der Waals surface area contributed by atoms with Gasteiger partial charge in [0.15, 0.2) is 0 Å². The SMILES string of the molecule is O=c1[nH]c2ccc(Nc3ncnc4[nH]c5c(c34)CC(F)(F)CC5)cc2s1. The number of H-pyrrole nitrogens is 2. The molecule has 6 nitrogen and oxygen atoms in total. The molecular weight excluding hydrogens is 360 g/mol. The van der Waals surface area contributed by atoms with Gasteiger partial charge in [-0.1, -0.05) is 11.3 Å². The molecule has 0 unspecified atom stereocenters. The van der Waals surface area contributed by atoms with Crippen LogP contribution in [-0.4, -0.2) is 25.9 Å². The minimum atomic E-state index is -2.72. The van der Waals surface area contributed by atoms with E-state index in [1.54, 1.807) is 6.07 Å². The maximum absolute atomic E-state index is 13.9. The Kier molecular flexibility index (Phi) is 3.17. The van der Waals surface area contributed by atoms with Crippen molar-refractivity contribution >= 4 is 44.1 Å². The highest BCUT2D eigenvalue weighted by Crippen LogP contribution is 2.39. The van der Waals surface area contributed by atoms with Gasteiger partial charge in [0.1, 0.15) is 17.8 Å². The van der Waals surface area contributed by atoms with Gasteiger partial charge in [-0.3, -0.25) is 4.79 Å². The Labute approximate surface area is 149 Å². The van der Waals surface area contributed by atoms with E-state index >= 15 is 0 Å². The maximum Gasteiger partial charge on any atom is 0.305 e. The maximum atomic E-state index is 13.9. The van der Waals surface area contributed by atoms with Crippen LogP contribution in [0.2, 0.25) is 0 Å². The number of aryl methyl sites for hydroxylation is 1. The molecule has 3 aromatic heterocycles. The van der Waals surface area contributed by atoms with Gasteiger partial charge in [0.05, 0.1) is 15.6 Å². The molecule has 9 heteroatoms. The van der Waals surface area contributed by atoms with Crippen molar-refractivity contribution in [1.82, 2.24) is 19.9 Å². The van der Waals surface area contributed by atoms with Crippen molar-refractivity contribution in [2.75, 3.05) is 5.32 Å². The summed E-state index contributed by atoms with van der Waals surface area (Å²) >= 11 is 1.12. The molecule has 0 bridgehead atoms. The monoisotopic (exact) mass is 373 g/mol. The fourth-order valence-electron chi connectivity index (χ4n) is 3.45. The molecule has 26 heavy (non-hydrogen) atoms. The van der Waals surface area contributed by atoms with Crippen LogP contribution in [0, 0.1) is 0 Å². The minimum absolute atomic E-state index is 0.122. The average molecular weight is 373 g/mol. The van der Waals surface area contributed by atoms with Crippen LogP contribution in [0.25, 0.3) is 21.3 Å². The Bertz CT molecular complexity index is 1210. The quantitative estimate of drug-likeness (QED) is 0.500. The van der Waals surface area contributed by atoms with E-state index in [2.05, 4.69) is 25.3 Å². The van der Waals surface area contributed by atoms with Crippen LogP contribution in [0.5, 0.6) is 0 Å². The van der Waals surface area contributed by atoms with Crippen LogP contribution in [0.1, 0.15) is 17.7 Å². The molecule has 5 rings (SSSR count). The standard InChI is InChI=1S/C17H13F2N5OS/c18-17(19)4-3-10-9(6-17)13-14(20-7-21-15(13)23-10)22-8-1-2-11-12(5-8)26-16(25)24-11/h1-2,5,7H,3-4,6H2,(H,24,25)(H2,20,21,22,23). The van der Waals surface area contributed by atoms with Gasteiger partial charge in [-0.2, -0.15) is 0 Å². The minimum Gasteiger partial charge on any atom is -0.343 e. The van der Waals surface area contributed by atoms with Gasteiger partial charge in [-0.25, -0.2) is 18.7 Å². The van der Waals surface area contributed by atoms with Crippen LogP contribution >= 0.6 is 11.3 Å². The van der Waals surface area contributed by atoms with E-state index < -0.39 is 5.92 Å². The summed E-state index contributed by atoms with van der Waals surface area (Å²) in [4.78, 5) is 25.7. The van der Waals surface area contributed by atoms with Crippen molar-refractivity contribution in [3.8, 4) is 0 Å². The number of aromatic nitrogens is 4. The second kappa shape index (κ2) is 5.34. The summed E-state index contributed by atoms with van der Waals surface area (Å²) in [7, 11) is 0. The summed E-state index contributed by atoms with van der Waals surface area (Å²) in [5.41, 5.74) is 3.42. The molecule has 0 spiro atoms. The Hall–Kier alpha value is -2.81. The number of halogens is 2. The van der Waals surface area contributed by atoms with Gasteiger partial charge < -0.3 is 15.3 Å². The first-order valence-corrected chi connectivity index (χ1v) is 8.92. The second-order valence-corrected chi connectivity index (χ2v) is 7.43. The Morgan fingerprint density at radius 3 is 3.00 bits per heavy atom. The van der Waals surface area contributed by atoms with Gasteiger partial charge in [0.25, 0.3) is 5.92 Å². The zero-order valence-electron chi connectivity index (χ0n) is 13.4. The zero-order valence-corrected chi connectivity index (χ0v) is 14.2. The van der Waals surface area contributed by atoms with Crippen LogP contribution in [-0.2, 0) is 12.8 Å². The van der Waals surface area contributed by atoms with E-state index in [0.29, 0.717) is 28.8 Å². The number of nitrogens with one attached hydrogen (secondary N) is 3. The van der Waals surface area contributed by atoms with Crippen molar-refractivity contribution < 1.29 is 8.78 Å². The summed E-state index contributed by atoms with van der Waals surface area (Å²) in [6, 6.07) is 5.45. The number of anilines is 2. The number of benzene rings is 1. The van der Waals surface area contributed by atoms with E-state index in [0.717, 1.165) is 32.9 Å². The number of fused-ring (bicyclic) bond motifs is 4. The Morgan fingerprint density at radius 2 is 2.12 bits per heavy atom. The summed E-state index contributed by atoms with van der Waals surface area (Å²) in [5.74, 6) is -2.24. The first-order valence-electron chi connectivity index (χ1n) is 8.11. The van der Waals surface area contributed by atoms with Crippen LogP contribution < -0.4 is 10.2 Å².